The summed E-state index contributed by atoms with van der Waals surface area (Å²) in [5.74, 6) is 0. The first-order chi connectivity index (χ1) is 6.41. The molecule has 1 heterocycles. The van der Waals surface area contributed by atoms with E-state index in [2.05, 4.69) is 4.98 Å². The molecule has 0 saturated carbocycles. The molecule has 0 saturated heterocycles. The van der Waals surface area contributed by atoms with Gasteiger partial charge in [0.15, 0.2) is 6.10 Å². The summed E-state index contributed by atoms with van der Waals surface area (Å²) in [5.41, 5.74) is 0.228. The third-order valence-corrected chi connectivity index (χ3v) is 1.99. The fraction of sp³-hybridized carbons (Fsp3) is 0.375. The second-order valence-corrected chi connectivity index (χ2v) is 3.14. The van der Waals surface area contributed by atoms with Gasteiger partial charge < -0.3 is 5.11 Å². The zero-order valence-corrected chi connectivity index (χ0v) is 7.68. The number of hydrogen-bond acceptors (Lipinski definition) is 2. The first-order valence-corrected chi connectivity index (χ1v) is 4.12. The molecule has 1 atom stereocenters. The SMILES string of the molecule is O[C@H](Cc1ccncc1Cl)C(F)(F)F. The van der Waals surface area contributed by atoms with Crippen LogP contribution in [-0.4, -0.2) is 22.4 Å². The topological polar surface area (TPSA) is 33.1 Å². The van der Waals surface area contributed by atoms with E-state index in [9.17, 15) is 13.2 Å². The standard InChI is InChI=1S/C8H7ClF3NO/c9-6-4-13-2-1-5(6)3-7(14)8(10,11)12/h1-2,4,7,14H,3H2/t7-/m1/s1. The zero-order chi connectivity index (χ0) is 10.8. The van der Waals surface area contributed by atoms with Gasteiger partial charge in [0.1, 0.15) is 0 Å². The number of aromatic nitrogens is 1. The Bertz CT molecular complexity index is 316. The van der Waals surface area contributed by atoms with Gasteiger partial charge in [0.2, 0.25) is 0 Å². The Morgan fingerprint density at radius 2 is 2.14 bits per heavy atom. The number of pyridine rings is 1. The third-order valence-electron chi connectivity index (χ3n) is 1.65. The van der Waals surface area contributed by atoms with Gasteiger partial charge in [0.25, 0.3) is 0 Å². The molecule has 0 unspecified atom stereocenters. The maximum atomic E-state index is 12.0. The van der Waals surface area contributed by atoms with Gasteiger partial charge in [-0.05, 0) is 11.6 Å². The molecule has 1 aromatic rings. The molecule has 0 aliphatic carbocycles. The third kappa shape index (κ3) is 2.85. The Morgan fingerprint density at radius 1 is 1.50 bits per heavy atom. The monoisotopic (exact) mass is 225 g/mol. The predicted molar refractivity (Wildman–Crippen MR) is 45.0 cm³/mol. The van der Waals surface area contributed by atoms with Crippen LogP contribution in [0.5, 0.6) is 0 Å². The van der Waals surface area contributed by atoms with E-state index in [1.54, 1.807) is 0 Å². The molecular formula is C8H7ClF3NO. The lowest BCUT2D eigenvalue weighted by molar-refractivity contribution is -0.203. The van der Waals surface area contributed by atoms with Crippen LogP contribution >= 0.6 is 11.6 Å². The van der Waals surface area contributed by atoms with E-state index in [1.807, 2.05) is 0 Å². The molecule has 1 aromatic heterocycles. The molecular weight excluding hydrogens is 219 g/mol. The van der Waals surface area contributed by atoms with Crippen LogP contribution in [0.3, 0.4) is 0 Å². The number of nitrogens with zero attached hydrogens (tertiary/aromatic N) is 1. The second kappa shape index (κ2) is 4.14. The highest BCUT2D eigenvalue weighted by Gasteiger charge is 2.38. The van der Waals surface area contributed by atoms with Gasteiger partial charge in [-0.2, -0.15) is 13.2 Å². The number of hydrogen-bond donors (Lipinski definition) is 1. The molecule has 0 spiro atoms. The van der Waals surface area contributed by atoms with Crippen molar-refractivity contribution in [1.29, 1.82) is 0 Å². The van der Waals surface area contributed by atoms with Crippen LogP contribution in [0.1, 0.15) is 5.56 Å². The molecule has 1 N–H and O–H groups in total. The first-order valence-electron chi connectivity index (χ1n) is 3.74. The van der Waals surface area contributed by atoms with Crippen molar-refractivity contribution in [3.63, 3.8) is 0 Å². The molecule has 0 amide bonds. The van der Waals surface area contributed by atoms with Crippen molar-refractivity contribution in [2.75, 3.05) is 0 Å². The van der Waals surface area contributed by atoms with Crippen LogP contribution in [0.25, 0.3) is 0 Å². The van der Waals surface area contributed by atoms with Crippen molar-refractivity contribution in [3.05, 3.63) is 29.0 Å². The summed E-state index contributed by atoms with van der Waals surface area (Å²) in [4.78, 5) is 3.62. The van der Waals surface area contributed by atoms with Crippen molar-refractivity contribution in [2.24, 2.45) is 0 Å². The molecule has 1 rings (SSSR count). The van der Waals surface area contributed by atoms with E-state index in [-0.39, 0.29) is 10.6 Å². The van der Waals surface area contributed by atoms with Gasteiger partial charge in [0.05, 0.1) is 5.02 Å². The van der Waals surface area contributed by atoms with Gasteiger partial charge in [-0.15, -0.1) is 0 Å². The van der Waals surface area contributed by atoms with Crippen molar-refractivity contribution in [1.82, 2.24) is 4.98 Å². The summed E-state index contributed by atoms with van der Waals surface area (Å²) < 4.78 is 35.9. The largest absolute Gasteiger partial charge is 0.414 e. The predicted octanol–water partition coefficient (Wildman–Crippen LogP) is 2.20. The quantitative estimate of drug-likeness (QED) is 0.837. The molecule has 0 fully saturated rings. The highest BCUT2D eigenvalue weighted by atomic mass is 35.5. The van der Waals surface area contributed by atoms with E-state index in [4.69, 9.17) is 16.7 Å². The summed E-state index contributed by atoms with van der Waals surface area (Å²) in [5, 5.41) is 8.88. The Hall–Kier alpha value is -0.810. The molecule has 0 radical (unpaired) electrons. The summed E-state index contributed by atoms with van der Waals surface area (Å²) in [6.07, 6.45) is -5.00. The number of halogens is 4. The second-order valence-electron chi connectivity index (χ2n) is 2.73. The van der Waals surface area contributed by atoms with E-state index in [0.717, 1.165) is 0 Å². The maximum Gasteiger partial charge on any atom is 0.414 e. The lowest BCUT2D eigenvalue weighted by Gasteiger charge is -2.14. The van der Waals surface area contributed by atoms with E-state index >= 15 is 0 Å². The van der Waals surface area contributed by atoms with E-state index in [1.165, 1.54) is 18.5 Å². The molecule has 14 heavy (non-hydrogen) atoms. The lowest BCUT2D eigenvalue weighted by atomic mass is 10.1. The average molecular weight is 226 g/mol. The highest BCUT2D eigenvalue weighted by molar-refractivity contribution is 6.31. The Labute approximate surface area is 83.3 Å². The number of aliphatic hydroxyl groups is 1. The molecule has 0 bridgehead atoms. The molecule has 0 aliphatic heterocycles. The van der Waals surface area contributed by atoms with E-state index in [0.29, 0.717) is 0 Å². The minimum atomic E-state index is -4.62. The van der Waals surface area contributed by atoms with Crippen LogP contribution in [0.15, 0.2) is 18.5 Å². The Morgan fingerprint density at radius 3 is 2.64 bits per heavy atom. The number of rotatable bonds is 2. The fourth-order valence-electron chi connectivity index (χ4n) is 0.894. The highest BCUT2D eigenvalue weighted by Crippen LogP contribution is 2.25. The Balaban J connectivity index is 2.75. The average Bonchev–Trinajstić information content (AvgIpc) is 2.07. The van der Waals surface area contributed by atoms with Gasteiger partial charge in [-0.1, -0.05) is 11.6 Å². The smallest absolute Gasteiger partial charge is 0.383 e. The van der Waals surface area contributed by atoms with Crippen molar-refractivity contribution in [2.45, 2.75) is 18.7 Å². The van der Waals surface area contributed by atoms with Crippen molar-refractivity contribution < 1.29 is 18.3 Å². The summed E-state index contributed by atoms with van der Waals surface area (Å²) >= 11 is 5.58. The minimum absolute atomic E-state index is 0.121. The number of aliphatic hydroxyl groups excluding tert-OH is 1. The van der Waals surface area contributed by atoms with Gasteiger partial charge >= 0.3 is 6.18 Å². The fourth-order valence-corrected chi connectivity index (χ4v) is 1.09. The van der Waals surface area contributed by atoms with Crippen LogP contribution in [-0.2, 0) is 6.42 Å². The molecule has 6 heteroatoms. The summed E-state index contributed by atoms with van der Waals surface area (Å²) in [6.45, 7) is 0. The molecule has 78 valence electrons. The molecule has 2 nitrogen and oxygen atoms in total. The number of alkyl halides is 3. The molecule has 0 aliphatic rings. The molecule has 0 aromatic carbocycles. The van der Waals surface area contributed by atoms with Crippen LogP contribution < -0.4 is 0 Å². The van der Waals surface area contributed by atoms with E-state index < -0.39 is 18.7 Å². The minimum Gasteiger partial charge on any atom is -0.383 e. The maximum absolute atomic E-state index is 12.0. The van der Waals surface area contributed by atoms with Crippen molar-refractivity contribution in [3.8, 4) is 0 Å². The summed E-state index contributed by atoms with van der Waals surface area (Å²) in [7, 11) is 0. The lowest BCUT2D eigenvalue weighted by Crippen LogP contribution is -2.30. The van der Waals surface area contributed by atoms with Crippen LogP contribution in [0, 0.1) is 0 Å². The normalized spacial score (nSPS) is 14.1. The van der Waals surface area contributed by atoms with Gasteiger partial charge in [0, 0.05) is 18.8 Å². The zero-order valence-electron chi connectivity index (χ0n) is 6.92. The van der Waals surface area contributed by atoms with Crippen molar-refractivity contribution >= 4 is 11.6 Å². The van der Waals surface area contributed by atoms with Crippen LogP contribution in [0.4, 0.5) is 13.2 Å². The van der Waals surface area contributed by atoms with Gasteiger partial charge in [-0.25, -0.2) is 0 Å². The Kier molecular flexibility index (Phi) is 3.34. The first kappa shape index (κ1) is 11.3. The van der Waals surface area contributed by atoms with Gasteiger partial charge in [-0.3, -0.25) is 4.98 Å². The summed E-state index contributed by atoms with van der Waals surface area (Å²) in [6, 6.07) is 1.34. The van der Waals surface area contributed by atoms with Crippen LogP contribution in [0.2, 0.25) is 5.02 Å².